The van der Waals surface area contributed by atoms with Gasteiger partial charge in [0.05, 0.1) is 18.4 Å². The lowest BCUT2D eigenvalue weighted by molar-refractivity contribution is -0.119. The molecule has 0 aliphatic heterocycles. The van der Waals surface area contributed by atoms with Gasteiger partial charge in [0.2, 0.25) is 5.91 Å². The van der Waals surface area contributed by atoms with Crippen LogP contribution in [0, 0.1) is 11.3 Å². The lowest BCUT2D eigenvalue weighted by Gasteiger charge is -2.21. The summed E-state index contributed by atoms with van der Waals surface area (Å²) in [6.07, 6.45) is 1.61. The maximum atomic E-state index is 11.5. The molecular weight excluding hydrogens is 216 g/mol. The predicted molar refractivity (Wildman–Crippen MR) is 65.5 cm³/mol. The largest absolute Gasteiger partial charge is 0.361 e. The molecule has 90 valence electrons. The van der Waals surface area contributed by atoms with E-state index in [1.165, 1.54) is 0 Å². The maximum Gasteiger partial charge on any atom is 0.239 e. The summed E-state index contributed by atoms with van der Waals surface area (Å²) in [5.74, 6) is -0.0151. The van der Waals surface area contributed by atoms with E-state index >= 15 is 0 Å². The highest BCUT2D eigenvalue weighted by atomic mass is 16.2. The SMILES string of the molecule is CCNC(=O)CN(CC)c1ccc(C#N)nc1. The first kappa shape index (κ1) is 13.0. The number of anilines is 1. The summed E-state index contributed by atoms with van der Waals surface area (Å²) in [5.41, 5.74) is 1.22. The second-order valence-corrected chi connectivity index (χ2v) is 3.48. The zero-order valence-electron chi connectivity index (χ0n) is 10.1. The van der Waals surface area contributed by atoms with E-state index in [2.05, 4.69) is 10.3 Å². The fourth-order valence-corrected chi connectivity index (χ4v) is 1.45. The molecule has 0 radical (unpaired) electrons. The normalized spacial score (nSPS) is 9.47. The molecule has 1 rings (SSSR count). The third-order valence-corrected chi connectivity index (χ3v) is 2.32. The lowest BCUT2D eigenvalue weighted by atomic mass is 10.3. The van der Waals surface area contributed by atoms with Crippen LogP contribution in [-0.2, 0) is 4.79 Å². The summed E-state index contributed by atoms with van der Waals surface area (Å²) < 4.78 is 0. The van der Waals surface area contributed by atoms with E-state index in [0.29, 0.717) is 25.3 Å². The van der Waals surface area contributed by atoms with Gasteiger partial charge in [0.1, 0.15) is 11.8 Å². The molecule has 0 aliphatic carbocycles. The number of aromatic nitrogens is 1. The summed E-state index contributed by atoms with van der Waals surface area (Å²) in [4.78, 5) is 17.4. The minimum atomic E-state index is -0.0151. The molecule has 0 saturated carbocycles. The van der Waals surface area contributed by atoms with Crippen LogP contribution in [0.2, 0.25) is 0 Å². The van der Waals surface area contributed by atoms with E-state index in [1.54, 1.807) is 18.3 Å². The molecule has 0 spiro atoms. The van der Waals surface area contributed by atoms with Crippen LogP contribution in [-0.4, -0.2) is 30.5 Å². The van der Waals surface area contributed by atoms with Gasteiger partial charge < -0.3 is 10.2 Å². The molecule has 0 aliphatic rings. The van der Waals surface area contributed by atoms with E-state index in [-0.39, 0.29) is 5.91 Å². The summed E-state index contributed by atoms with van der Waals surface area (Å²) in [5, 5.41) is 11.4. The number of pyridine rings is 1. The smallest absolute Gasteiger partial charge is 0.239 e. The maximum absolute atomic E-state index is 11.5. The van der Waals surface area contributed by atoms with Crippen LogP contribution in [0.5, 0.6) is 0 Å². The van der Waals surface area contributed by atoms with Crippen LogP contribution in [0.3, 0.4) is 0 Å². The monoisotopic (exact) mass is 232 g/mol. The molecule has 0 bridgehead atoms. The van der Waals surface area contributed by atoms with Gasteiger partial charge in [-0.25, -0.2) is 4.98 Å². The molecule has 17 heavy (non-hydrogen) atoms. The molecule has 5 heteroatoms. The van der Waals surface area contributed by atoms with Crippen LogP contribution in [0.15, 0.2) is 18.3 Å². The molecule has 0 unspecified atom stereocenters. The van der Waals surface area contributed by atoms with E-state index in [0.717, 1.165) is 5.69 Å². The third kappa shape index (κ3) is 3.76. The standard InChI is InChI=1S/C12H16N4O/c1-3-14-12(17)9-16(4-2)11-6-5-10(7-13)15-8-11/h5-6,8H,3-4,9H2,1-2H3,(H,14,17). The van der Waals surface area contributed by atoms with Crippen molar-refractivity contribution in [1.29, 1.82) is 5.26 Å². The first-order chi connectivity index (χ1) is 8.21. The minimum absolute atomic E-state index is 0.0151. The second-order valence-electron chi connectivity index (χ2n) is 3.48. The Bertz CT molecular complexity index is 408. The van der Waals surface area contributed by atoms with E-state index in [9.17, 15) is 4.79 Å². The highest BCUT2D eigenvalue weighted by Crippen LogP contribution is 2.12. The van der Waals surface area contributed by atoms with E-state index in [1.807, 2.05) is 24.8 Å². The van der Waals surface area contributed by atoms with Crippen molar-refractivity contribution in [2.24, 2.45) is 0 Å². The van der Waals surface area contributed by atoms with Crippen molar-refractivity contribution in [3.05, 3.63) is 24.0 Å². The molecule has 1 amide bonds. The van der Waals surface area contributed by atoms with Crippen LogP contribution in [0.25, 0.3) is 0 Å². The lowest BCUT2D eigenvalue weighted by Crippen LogP contribution is -2.37. The molecule has 1 aromatic heterocycles. The van der Waals surface area contributed by atoms with Gasteiger partial charge in [-0.05, 0) is 26.0 Å². The molecule has 5 nitrogen and oxygen atoms in total. The number of amides is 1. The molecule has 1 aromatic rings. The van der Waals surface area contributed by atoms with Crippen molar-refractivity contribution < 1.29 is 4.79 Å². The summed E-state index contributed by atoms with van der Waals surface area (Å²) in [6, 6.07) is 5.41. The number of hydrogen-bond donors (Lipinski definition) is 1. The Morgan fingerprint density at radius 3 is 2.76 bits per heavy atom. The highest BCUT2D eigenvalue weighted by molar-refractivity contribution is 5.81. The number of nitrogens with one attached hydrogen (secondary N) is 1. The van der Waals surface area contributed by atoms with Gasteiger partial charge >= 0.3 is 0 Å². The number of nitrogens with zero attached hydrogens (tertiary/aromatic N) is 3. The highest BCUT2D eigenvalue weighted by Gasteiger charge is 2.09. The van der Waals surface area contributed by atoms with Gasteiger partial charge in [-0.15, -0.1) is 0 Å². The average Bonchev–Trinajstić information content (AvgIpc) is 2.36. The molecular formula is C12H16N4O. The molecule has 1 heterocycles. The van der Waals surface area contributed by atoms with E-state index < -0.39 is 0 Å². The first-order valence-corrected chi connectivity index (χ1v) is 5.59. The fraction of sp³-hybridized carbons (Fsp3) is 0.417. The quantitative estimate of drug-likeness (QED) is 0.819. The second kappa shape index (κ2) is 6.48. The van der Waals surface area contributed by atoms with Crippen molar-refractivity contribution >= 4 is 11.6 Å². The minimum Gasteiger partial charge on any atom is -0.361 e. The van der Waals surface area contributed by atoms with Gasteiger partial charge in [0.25, 0.3) is 0 Å². The molecule has 1 N–H and O–H groups in total. The Labute approximate surface area is 101 Å². The third-order valence-electron chi connectivity index (χ3n) is 2.32. The topological polar surface area (TPSA) is 69.0 Å². The van der Waals surface area contributed by atoms with Gasteiger partial charge in [-0.1, -0.05) is 0 Å². The van der Waals surface area contributed by atoms with Gasteiger partial charge in [-0.2, -0.15) is 5.26 Å². The summed E-state index contributed by atoms with van der Waals surface area (Å²) in [7, 11) is 0. The first-order valence-electron chi connectivity index (χ1n) is 5.59. The number of likely N-dealkylation sites (N-methyl/N-ethyl adjacent to an activating group) is 2. The summed E-state index contributed by atoms with van der Waals surface area (Å²) in [6.45, 7) is 5.50. The van der Waals surface area contributed by atoms with Crippen molar-refractivity contribution in [3.8, 4) is 6.07 Å². The summed E-state index contributed by atoms with van der Waals surface area (Å²) >= 11 is 0. The predicted octanol–water partition coefficient (Wildman–Crippen LogP) is 0.916. The van der Waals surface area contributed by atoms with Gasteiger partial charge in [0, 0.05) is 13.1 Å². The van der Waals surface area contributed by atoms with Crippen LogP contribution < -0.4 is 10.2 Å². The Balaban J connectivity index is 2.72. The molecule has 0 aromatic carbocycles. The van der Waals surface area contributed by atoms with Crippen molar-refractivity contribution in [3.63, 3.8) is 0 Å². The van der Waals surface area contributed by atoms with Gasteiger partial charge in [0.15, 0.2) is 0 Å². The number of carbonyl (C=O) groups is 1. The number of nitriles is 1. The Morgan fingerprint density at radius 1 is 1.53 bits per heavy atom. The molecule has 0 atom stereocenters. The van der Waals surface area contributed by atoms with E-state index in [4.69, 9.17) is 5.26 Å². The Kier molecular flexibility index (Phi) is 4.95. The average molecular weight is 232 g/mol. The van der Waals surface area contributed by atoms with Crippen molar-refractivity contribution in [2.75, 3.05) is 24.5 Å². The molecule has 0 fully saturated rings. The zero-order chi connectivity index (χ0) is 12.7. The van der Waals surface area contributed by atoms with Crippen molar-refractivity contribution in [2.45, 2.75) is 13.8 Å². The number of hydrogen-bond acceptors (Lipinski definition) is 4. The zero-order valence-corrected chi connectivity index (χ0v) is 10.1. The molecule has 0 saturated heterocycles. The van der Waals surface area contributed by atoms with Crippen LogP contribution >= 0.6 is 0 Å². The van der Waals surface area contributed by atoms with Crippen LogP contribution in [0.4, 0.5) is 5.69 Å². The Hall–Kier alpha value is -2.09. The van der Waals surface area contributed by atoms with Crippen molar-refractivity contribution in [1.82, 2.24) is 10.3 Å². The fourth-order valence-electron chi connectivity index (χ4n) is 1.45. The van der Waals surface area contributed by atoms with Crippen LogP contribution in [0.1, 0.15) is 19.5 Å². The number of rotatable bonds is 5. The Morgan fingerprint density at radius 2 is 2.29 bits per heavy atom. The van der Waals surface area contributed by atoms with Gasteiger partial charge in [-0.3, -0.25) is 4.79 Å². The number of carbonyl (C=O) groups excluding carboxylic acids is 1.